The van der Waals surface area contributed by atoms with Crippen molar-refractivity contribution >= 4 is 29.3 Å². The van der Waals surface area contributed by atoms with E-state index in [1.807, 2.05) is 79.7 Å². The van der Waals surface area contributed by atoms with Gasteiger partial charge in [-0.2, -0.15) is 5.26 Å². The zero-order valence-corrected chi connectivity index (χ0v) is 29.6. The molecule has 1 aliphatic carbocycles. The van der Waals surface area contributed by atoms with Crippen molar-refractivity contribution in [1.82, 2.24) is 4.90 Å². The second-order valence-corrected chi connectivity index (χ2v) is 13.8. The van der Waals surface area contributed by atoms with Gasteiger partial charge in [0.05, 0.1) is 40.3 Å². The molecule has 9 heteroatoms. The van der Waals surface area contributed by atoms with E-state index in [-0.39, 0.29) is 23.3 Å². The summed E-state index contributed by atoms with van der Waals surface area (Å²) in [6.07, 6.45) is 5.15. The highest BCUT2D eigenvalue weighted by Gasteiger charge is 2.45. The number of likely N-dealkylation sites (tertiary alicyclic amines) is 1. The van der Waals surface area contributed by atoms with E-state index in [1.165, 1.54) is 11.9 Å². The lowest BCUT2D eigenvalue weighted by atomic mass is 9.71. The molecule has 0 bridgehead atoms. The molecule has 5 aromatic rings. The number of hydrogen-bond acceptors (Lipinski definition) is 7. The third-order valence-electron chi connectivity index (χ3n) is 10.5. The van der Waals surface area contributed by atoms with Crippen LogP contribution in [0, 0.1) is 30.1 Å². The Kier molecular flexibility index (Phi) is 8.31. The van der Waals surface area contributed by atoms with Crippen LogP contribution in [0.3, 0.4) is 0 Å². The normalized spacial score (nSPS) is 18.5. The molecular weight excluding hydrogens is 679 g/mol. The zero-order valence-electron chi connectivity index (χ0n) is 29.6. The molecule has 9 nitrogen and oxygen atoms in total. The molecule has 1 fully saturated rings. The van der Waals surface area contributed by atoms with Gasteiger partial charge in [-0.05, 0) is 115 Å². The maximum Gasteiger partial charge on any atom is 0.266 e. The fourth-order valence-electron chi connectivity index (χ4n) is 7.39. The summed E-state index contributed by atoms with van der Waals surface area (Å²) in [7, 11) is 1.50. The van der Waals surface area contributed by atoms with Crippen LogP contribution in [0.15, 0.2) is 139 Å². The smallest absolute Gasteiger partial charge is 0.266 e. The van der Waals surface area contributed by atoms with Crippen LogP contribution in [0.1, 0.15) is 55.5 Å². The van der Waals surface area contributed by atoms with E-state index in [4.69, 9.17) is 9.47 Å². The molecule has 2 aliphatic heterocycles. The first-order valence-electron chi connectivity index (χ1n) is 17.4. The number of carbonyl (C=O) groups is 4. The average molecular weight is 712 g/mol. The summed E-state index contributed by atoms with van der Waals surface area (Å²) >= 11 is 0. The van der Waals surface area contributed by atoms with E-state index in [2.05, 4.69) is 13.0 Å². The Labute approximate surface area is 312 Å². The predicted octanol–water partition coefficient (Wildman–Crippen LogP) is 7.88. The third kappa shape index (κ3) is 5.74. The number of benzene rings is 5. The van der Waals surface area contributed by atoms with Gasteiger partial charge in [-0.15, -0.1) is 0 Å². The highest BCUT2D eigenvalue weighted by Crippen LogP contribution is 2.41. The van der Waals surface area contributed by atoms with Gasteiger partial charge >= 0.3 is 0 Å². The van der Waals surface area contributed by atoms with Crippen LogP contribution in [0.4, 0.5) is 5.69 Å². The van der Waals surface area contributed by atoms with E-state index in [1.54, 1.807) is 60.7 Å². The minimum atomic E-state index is -0.664. The summed E-state index contributed by atoms with van der Waals surface area (Å²) in [5.41, 5.74) is 4.84. The maximum atomic E-state index is 13.4. The lowest BCUT2D eigenvalue weighted by Gasteiger charge is -2.32. The van der Waals surface area contributed by atoms with Gasteiger partial charge < -0.3 is 9.47 Å². The van der Waals surface area contributed by atoms with Gasteiger partial charge in [0.25, 0.3) is 11.8 Å². The zero-order chi connectivity index (χ0) is 37.7. The van der Waals surface area contributed by atoms with Gasteiger partial charge in [0.15, 0.2) is 0 Å². The second-order valence-electron chi connectivity index (χ2n) is 13.8. The number of carbonyl (C=O) groups excluding carboxylic acids is 4. The quantitative estimate of drug-likeness (QED) is 0.119. The first kappa shape index (κ1) is 34.1. The second kappa shape index (κ2) is 13.2. The Bertz CT molecular complexity index is 2480. The van der Waals surface area contributed by atoms with Crippen molar-refractivity contribution in [2.45, 2.75) is 19.3 Å². The third-order valence-corrected chi connectivity index (χ3v) is 10.5. The Hall–Kier alpha value is -7.05. The molecule has 0 saturated carbocycles. The van der Waals surface area contributed by atoms with Gasteiger partial charge in [0, 0.05) is 12.5 Å². The van der Waals surface area contributed by atoms with E-state index in [9.17, 15) is 24.4 Å². The van der Waals surface area contributed by atoms with Crippen molar-refractivity contribution in [2.24, 2.45) is 11.8 Å². The summed E-state index contributed by atoms with van der Waals surface area (Å²) in [4.78, 5) is 53.9. The highest BCUT2D eigenvalue weighted by molar-refractivity contribution is 6.34. The molecule has 0 radical (unpaired) electrons. The topological polar surface area (TPSA) is 117 Å². The number of amides is 4. The number of fused-ring (bicyclic) bond motifs is 2. The molecule has 0 spiro atoms. The van der Waals surface area contributed by atoms with Gasteiger partial charge in [0.1, 0.15) is 23.0 Å². The Balaban J connectivity index is 1.05. The number of ether oxygens (including phenoxy) is 2. The van der Waals surface area contributed by atoms with E-state index < -0.39 is 23.2 Å². The lowest BCUT2D eigenvalue weighted by molar-refractivity contribution is -0.137. The fourth-order valence-corrected chi connectivity index (χ4v) is 7.39. The minimum absolute atomic E-state index is 0.217. The molecule has 8 rings (SSSR count). The van der Waals surface area contributed by atoms with E-state index in [0.717, 1.165) is 27.2 Å². The number of anilines is 1. The van der Waals surface area contributed by atoms with Crippen LogP contribution in [-0.4, -0.2) is 35.6 Å². The van der Waals surface area contributed by atoms with Crippen molar-refractivity contribution in [3.8, 4) is 23.3 Å². The Morgan fingerprint density at radius 2 is 1.24 bits per heavy atom. The number of nitriles is 1. The van der Waals surface area contributed by atoms with Gasteiger partial charge in [-0.3, -0.25) is 24.1 Å². The summed E-state index contributed by atoms with van der Waals surface area (Å²) in [5, 5.41) is 9.46. The number of allylic oxidation sites excluding steroid dienone is 1. The summed E-state index contributed by atoms with van der Waals surface area (Å²) in [6, 6.07) is 37.2. The van der Waals surface area contributed by atoms with Crippen molar-refractivity contribution in [2.75, 3.05) is 11.9 Å². The number of imide groups is 2. The van der Waals surface area contributed by atoms with Crippen molar-refractivity contribution in [3.05, 3.63) is 178 Å². The first-order valence-corrected chi connectivity index (χ1v) is 17.4. The maximum absolute atomic E-state index is 13.4. The van der Waals surface area contributed by atoms with Gasteiger partial charge in [-0.1, -0.05) is 54.6 Å². The monoisotopic (exact) mass is 711 g/mol. The molecule has 0 N–H and O–H groups in total. The van der Waals surface area contributed by atoms with E-state index >= 15 is 0 Å². The van der Waals surface area contributed by atoms with Crippen LogP contribution < -0.4 is 14.4 Å². The SMILES string of the molecule is Cc1cccc(N2C(=O)c3ccc(Oc4ccc(C(C)(c5ccc(C#N)cc5)c5ccc(OC6=CC7C(=O)N(C)C(=O)C7C=C6)cc5)cc4)cc3C2=O)c1. The van der Waals surface area contributed by atoms with Crippen LogP contribution in [0.2, 0.25) is 0 Å². The fraction of sp³-hybridized carbons (Fsp3) is 0.133. The molecule has 0 aromatic heterocycles. The molecule has 3 atom stereocenters. The van der Waals surface area contributed by atoms with E-state index in [0.29, 0.717) is 39.8 Å². The molecule has 3 unspecified atom stereocenters. The van der Waals surface area contributed by atoms with Crippen molar-refractivity contribution in [3.63, 3.8) is 0 Å². The summed E-state index contributed by atoms with van der Waals surface area (Å²) < 4.78 is 12.3. The number of rotatable bonds is 8. The molecule has 54 heavy (non-hydrogen) atoms. The molecule has 264 valence electrons. The van der Waals surface area contributed by atoms with Crippen molar-refractivity contribution in [1.29, 1.82) is 5.26 Å². The van der Waals surface area contributed by atoms with Crippen LogP contribution in [-0.2, 0) is 15.0 Å². The largest absolute Gasteiger partial charge is 0.458 e. The number of aryl methyl sites for hydroxylation is 1. The molecule has 1 saturated heterocycles. The van der Waals surface area contributed by atoms with Crippen molar-refractivity contribution < 1.29 is 28.7 Å². The average Bonchev–Trinajstić information content (AvgIpc) is 3.57. The van der Waals surface area contributed by atoms with Gasteiger partial charge in [-0.25, -0.2) is 4.90 Å². The van der Waals surface area contributed by atoms with Crippen LogP contribution in [0.25, 0.3) is 0 Å². The first-order chi connectivity index (χ1) is 26.0. The van der Waals surface area contributed by atoms with Crippen LogP contribution in [0.5, 0.6) is 17.2 Å². The molecule has 4 amide bonds. The molecule has 5 aromatic carbocycles. The standard InChI is InChI=1S/C45H33N3O6/c1-27-5-4-6-32(23-27)48-43(51)38-22-20-36(25-40(38)44(48)52)54-34-17-13-31(14-18-34)45(2,29-9-7-28(26-46)8-10-29)30-11-15-33(16-12-30)53-35-19-21-37-39(24-35)42(50)47(3)41(37)49/h4-25,37,39H,1-3H3. The van der Waals surface area contributed by atoms with Gasteiger partial charge in [0.2, 0.25) is 11.8 Å². The number of hydrogen-bond donors (Lipinski definition) is 0. The molecule has 3 aliphatic rings. The molecule has 2 heterocycles. The highest BCUT2D eigenvalue weighted by atomic mass is 16.5. The van der Waals surface area contributed by atoms with Crippen LogP contribution >= 0.6 is 0 Å². The Morgan fingerprint density at radius 3 is 1.87 bits per heavy atom. The minimum Gasteiger partial charge on any atom is -0.458 e. The Morgan fingerprint density at radius 1 is 0.667 bits per heavy atom. The number of nitrogens with zero attached hydrogens (tertiary/aromatic N) is 3. The predicted molar refractivity (Wildman–Crippen MR) is 201 cm³/mol. The lowest BCUT2D eigenvalue weighted by Crippen LogP contribution is -2.29. The summed E-state index contributed by atoms with van der Waals surface area (Å²) in [5.74, 6) is -0.270. The molecular formula is C45H33N3O6. The summed E-state index contributed by atoms with van der Waals surface area (Å²) in [6.45, 7) is 4.01.